The standard InChI is InChI=1S/C21H22ClFN2O2S/c1-15(26)17-4-7-20(19(23)12-17)28-14-21(27)25-10-8-24(9-11-25)13-16-2-5-18(22)6-3-16/h2-7,12H,8-11,13-14H2,1H3. The van der Waals surface area contributed by atoms with Crippen LogP contribution in [0.4, 0.5) is 4.39 Å². The number of carbonyl (C=O) groups is 2. The molecule has 0 unspecified atom stereocenters. The number of piperazine rings is 1. The van der Waals surface area contributed by atoms with Gasteiger partial charge in [0.1, 0.15) is 5.82 Å². The van der Waals surface area contributed by atoms with Crippen LogP contribution in [-0.2, 0) is 11.3 Å². The summed E-state index contributed by atoms with van der Waals surface area (Å²) >= 11 is 7.09. The summed E-state index contributed by atoms with van der Waals surface area (Å²) in [7, 11) is 0. The number of halogens is 2. The zero-order valence-corrected chi connectivity index (χ0v) is 17.2. The lowest BCUT2D eigenvalue weighted by atomic mass is 10.1. The molecule has 148 valence electrons. The summed E-state index contributed by atoms with van der Waals surface area (Å²) in [5.41, 5.74) is 1.54. The molecule has 4 nitrogen and oxygen atoms in total. The molecule has 0 spiro atoms. The van der Waals surface area contributed by atoms with Crippen molar-refractivity contribution in [1.29, 1.82) is 0 Å². The number of ketones is 1. The fourth-order valence-electron chi connectivity index (χ4n) is 3.07. The Kier molecular flexibility index (Phi) is 7.10. The fourth-order valence-corrected chi connectivity index (χ4v) is 4.02. The third kappa shape index (κ3) is 5.56. The quantitative estimate of drug-likeness (QED) is 0.520. The highest BCUT2D eigenvalue weighted by Crippen LogP contribution is 2.23. The molecule has 1 aliphatic heterocycles. The molecular weight excluding hydrogens is 399 g/mol. The molecule has 0 N–H and O–H groups in total. The van der Waals surface area contributed by atoms with Crippen molar-refractivity contribution in [2.45, 2.75) is 18.4 Å². The maximum Gasteiger partial charge on any atom is 0.233 e. The third-order valence-electron chi connectivity index (χ3n) is 4.73. The molecule has 3 rings (SSSR count). The monoisotopic (exact) mass is 420 g/mol. The zero-order chi connectivity index (χ0) is 20.1. The molecule has 7 heteroatoms. The van der Waals surface area contributed by atoms with E-state index in [2.05, 4.69) is 4.90 Å². The van der Waals surface area contributed by atoms with Gasteiger partial charge >= 0.3 is 0 Å². The van der Waals surface area contributed by atoms with Gasteiger partial charge in [0.05, 0.1) is 5.75 Å². The van der Waals surface area contributed by atoms with Crippen LogP contribution in [-0.4, -0.2) is 53.4 Å². The van der Waals surface area contributed by atoms with Crippen LogP contribution in [0.2, 0.25) is 5.02 Å². The molecule has 1 amide bonds. The first-order valence-corrected chi connectivity index (χ1v) is 10.5. The highest BCUT2D eigenvalue weighted by Gasteiger charge is 2.21. The third-order valence-corrected chi connectivity index (χ3v) is 6.02. The van der Waals surface area contributed by atoms with Gasteiger partial charge in [-0.25, -0.2) is 4.39 Å². The molecule has 1 fully saturated rings. The summed E-state index contributed by atoms with van der Waals surface area (Å²) in [4.78, 5) is 28.3. The molecule has 0 atom stereocenters. The van der Waals surface area contributed by atoms with E-state index in [1.807, 2.05) is 29.2 Å². The molecule has 2 aromatic rings. The average Bonchev–Trinajstić information content (AvgIpc) is 2.69. The maximum absolute atomic E-state index is 14.1. The van der Waals surface area contributed by atoms with E-state index in [1.165, 1.54) is 30.3 Å². The molecule has 1 aliphatic rings. The van der Waals surface area contributed by atoms with Gasteiger partial charge in [-0.2, -0.15) is 0 Å². The second-order valence-corrected chi connectivity index (χ2v) is 8.23. The molecule has 2 aromatic carbocycles. The van der Waals surface area contributed by atoms with E-state index in [4.69, 9.17) is 11.6 Å². The number of hydrogen-bond acceptors (Lipinski definition) is 4. The SMILES string of the molecule is CC(=O)c1ccc(SCC(=O)N2CCN(Cc3ccc(Cl)cc3)CC2)c(F)c1. The van der Waals surface area contributed by atoms with Gasteiger partial charge in [0.25, 0.3) is 0 Å². The highest BCUT2D eigenvalue weighted by molar-refractivity contribution is 8.00. The van der Waals surface area contributed by atoms with Crippen LogP contribution in [0, 0.1) is 5.82 Å². The summed E-state index contributed by atoms with van der Waals surface area (Å²) in [6.07, 6.45) is 0. The van der Waals surface area contributed by atoms with Crippen molar-refractivity contribution in [3.63, 3.8) is 0 Å². The van der Waals surface area contributed by atoms with Crippen LogP contribution in [0.15, 0.2) is 47.4 Å². The molecule has 0 bridgehead atoms. The first-order valence-electron chi connectivity index (χ1n) is 9.10. The Bertz CT molecular complexity index is 852. The molecule has 0 radical (unpaired) electrons. The summed E-state index contributed by atoms with van der Waals surface area (Å²) in [6, 6.07) is 12.2. The second-order valence-electron chi connectivity index (χ2n) is 6.77. The smallest absolute Gasteiger partial charge is 0.233 e. The van der Waals surface area contributed by atoms with Crippen LogP contribution in [0.1, 0.15) is 22.8 Å². The first-order chi connectivity index (χ1) is 13.4. The Balaban J connectivity index is 1.46. The van der Waals surface area contributed by atoms with Crippen molar-refractivity contribution in [3.8, 4) is 0 Å². The van der Waals surface area contributed by atoms with Gasteiger partial charge in [-0.15, -0.1) is 11.8 Å². The van der Waals surface area contributed by atoms with Crippen LogP contribution in [0.25, 0.3) is 0 Å². The van der Waals surface area contributed by atoms with Crippen molar-refractivity contribution in [2.24, 2.45) is 0 Å². The zero-order valence-electron chi connectivity index (χ0n) is 15.7. The topological polar surface area (TPSA) is 40.6 Å². The number of amides is 1. The van der Waals surface area contributed by atoms with Crippen molar-refractivity contribution in [3.05, 3.63) is 64.4 Å². The van der Waals surface area contributed by atoms with Crippen molar-refractivity contribution in [1.82, 2.24) is 9.80 Å². The number of thioether (sulfide) groups is 1. The molecular formula is C21H22ClFN2O2S. The second kappa shape index (κ2) is 9.54. The van der Waals surface area contributed by atoms with E-state index in [9.17, 15) is 14.0 Å². The first kappa shape index (κ1) is 20.8. The van der Waals surface area contributed by atoms with E-state index in [-0.39, 0.29) is 17.4 Å². The molecule has 1 saturated heterocycles. The van der Waals surface area contributed by atoms with Crippen LogP contribution in [0.5, 0.6) is 0 Å². The molecule has 28 heavy (non-hydrogen) atoms. The van der Waals surface area contributed by atoms with Gasteiger partial charge in [0.2, 0.25) is 5.91 Å². The molecule has 1 heterocycles. The number of hydrogen-bond donors (Lipinski definition) is 0. The lowest BCUT2D eigenvalue weighted by Gasteiger charge is -2.34. The summed E-state index contributed by atoms with van der Waals surface area (Å²) < 4.78 is 14.1. The van der Waals surface area contributed by atoms with Crippen LogP contribution >= 0.6 is 23.4 Å². The Morgan fingerprint density at radius 1 is 1.07 bits per heavy atom. The predicted molar refractivity (Wildman–Crippen MR) is 110 cm³/mol. The van der Waals surface area contributed by atoms with E-state index in [0.717, 1.165) is 24.7 Å². The minimum absolute atomic E-state index is 0.00573. The predicted octanol–water partition coefficient (Wildman–Crippen LogP) is 4.12. The maximum atomic E-state index is 14.1. The lowest BCUT2D eigenvalue weighted by Crippen LogP contribution is -2.48. The lowest BCUT2D eigenvalue weighted by molar-refractivity contribution is -0.130. The van der Waals surface area contributed by atoms with E-state index < -0.39 is 5.82 Å². The Morgan fingerprint density at radius 2 is 1.75 bits per heavy atom. The minimum Gasteiger partial charge on any atom is -0.339 e. The number of rotatable bonds is 6. The Hall–Kier alpha value is -1.89. The highest BCUT2D eigenvalue weighted by atomic mass is 35.5. The van der Waals surface area contributed by atoms with Crippen molar-refractivity contribution in [2.75, 3.05) is 31.9 Å². The van der Waals surface area contributed by atoms with Gasteiger partial charge < -0.3 is 4.90 Å². The van der Waals surface area contributed by atoms with Crippen molar-refractivity contribution < 1.29 is 14.0 Å². The summed E-state index contributed by atoms with van der Waals surface area (Å²) in [5.74, 6) is -0.444. The molecule has 0 saturated carbocycles. The number of carbonyl (C=O) groups excluding carboxylic acids is 2. The molecule has 0 aliphatic carbocycles. The largest absolute Gasteiger partial charge is 0.339 e. The van der Waals surface area contributed by atoms with Gasteiger partial charge in [-0.3, -0.25) is 14.5 Å². The van der Waals surface area contributed by atoms with Crippen molar-refractivity contribution >= 4 is 35.1 Å². The van der Waals surface area contributed by atoms with Gasteiger partial charge in [-0.05, 0) is 36.8 Å². The van der Waals surface area contributed by atoms with Gasteiger partial charge in [-0.1, -0.05) is 29.8 Å². The normalized spacial score (nSPS) is 14.9. The Morgan fingerprint density at radius 3 is 2.36 bits per heavy atom. The minimum atomic E-state index is -0.460. The number of nitrogens with zero attached hydrogens (tertiary/aromatic N) is 2. The van der Waals surface area contributed by atoms with Crippen LogP contribution < -0.4 is 0 Å². The van der Waals surface area contributed by atoms with E-state index in [0.29, 0.717) is 23.5 Å². The summed E-state index contributed by atoms with van der Waals surface area (Å²) in [6.45, 7) is 5.18. The van der Waals surface area contributed by atoms with Gasteiger partial charge in [0.15, 0.2) is 5.78 Å². The van der Waals surface area contributed by atoms with E-state index >= 15 is 0 Å². The average molecular weight is 421 g/mol. The van der Waals surface area contributed by atoms with E-state index in [1.54, 1.807) is 12.1 Å². The molecule has 0 aromatic heterocycles. The Labute approximate surface area is 173 Å². The number of benzene rings is 2. The van der Waals surface area contributed by atoms with Gasteiger partial charge in [0, 0.05) is 48.2 Å². The fraction of sp³-hybridized carbons (Fsp3) is 0.333. The number of Topliss-reactive ketones (excluding diaryl/α,β-unsaturated/α-hetero) is 1. The van der Waals surface area contributed by atoms with Crippen LogP contribution in [0.3, 0.4) is 0 Å². The summed E-state index contributed by atoms with van der Waals surface area (Å²) in [5, 5.41) is 0.726.